The molecule has 0 aliphatic heterocycles. The summed E-state index contributed by atoms with van der Waals surface area (Å²) in [5.41, 5.74) is 6.34. The smallest absolute Gasteiger partial charge is 0.257 e. The lowest BCUT2D eigenvalue weighted by atomic mass is 9.99. The van der Waals surface area contributed by atoms with Crippen LogP contribution >= 0.6 is 0 Å². The highest BCUT2D eigenvalue weighted by atomic mass is 19.1. The first-order valence-electron chi connectivity index (χ1n) is 10.3. The van der Waals surface area contributed by atoms with E-state index in [1.807, 2.05) is 0 Å². The van der Waals surface area contributed by atoms with Crippen molar-refractivity contribution < 1.29 is 27.9 Å². The first-order chi connectivity index (χ1) is 16.0. The molecule has 0 bridgehead atoms. The number of carbonyl (C=O) groups is 2. The maximum absolute atomic E-state index is 15.1. The van der Waals surface area contributed by atoms with Crippen LogP contribution in [0.4, 0.5) is 24.7 Å². The molecule has 0 unspecified atom stereocenters. The molecule has 0 spiro atoms. The van der Waals surface area contributed by atoms with Crippen LogP contribution in [0, 0.1) is 24.4 Å². The van der Waals surface area contributed by atoms with Crippen LogP contribution < -0.4 is 16.4 Å². The summed E-state index contributed by atoms with van der Waals surface area (Å²) in [5, 5.41) is 15.1. The number of benzene rings is 2. The Hall–Kier alpha value is -3.92. The van der Waals surface area contributed by atoms with E-state index in [2.05, 4.69) is 15.6 Å². The second-order valence-corrected chi connectivity index (χ2v) is 7.98. The molecule has 0 fully saturated rings. The average molecular weight is 472 g/mol. The number of halogens is 3. The maximum atomic E-state index is 15.1. The number of nitrogens with one attached hydrogen (secondary N) is 2. The zero-order valence-corrected chi connectivity index (χ0v) is 18.6. The third-order valence-corrected chi connectivity index (χ3v) is 4.99. The van der Waals surface area contributed by atoms with Gasteiger partial charge in [-0.1, -0.05) is 6.07 Å². The summed E-state index contributed by atoms with van der Waals surface area (Å²) in [6.45, 7) is 5.04. The summed E-state index contributed by atoms with van der Waals surface area (Å²) in [6, 6.07) is 6.33. The van der Waals surface area contributed by atoms with Crippen molar-refractivity contribution in [3.05, 3.63) is 76.7 Å². The van der Waals surface area contributed by atoms with E-state index >= 15 is 4.39 Å². The fourth-order valence-electron chi connectivity index (χ4n) is 3.32. The van der Waals surface area contributed by atoms with Crippen LogP contribution in [-0.2, 0) is 4.79 Å². The van der Waals surface area contributed by atoms with Gasteiger partial charge in [0.1, 0.15) is 23.3 Å². The Balaban J connectivity index is 1.88. The van der Waals surface area contributed by atoms with Gasteiger partial charge in [0.2, 0.25) is 0 Å². The number of nitrogens with zero attached hydrogens (tertiary/aromatic N) is 1. The van der Waals surface area contributed by atoms with E-state index in [4.69, 9.17) is 5.73 Å². The number of hydrogen-bond acceptors (Lipinski definition) is 5. The fourth-order valence-corrected chi connectivity index (χ4v) is 3.32. The van der Waals surface area contributed by atoms with Crippen LogP contribution in [0.3, 0.4) is 0 Å². The van der Waals surface area contributed by atoms with E-state index in [-0.39, 0.29) is 34.2 Å². The molecule has 7 nitrogen and oxygen atoms in total. The second kappa shape index (κ2) is 9.92. The molecule has 3 aromatic rings. The molecule has 2 amide bonds. The molecule has 10 heteroatoms. The van der Waals surface area contributed by atoms with Crippen LogP contribution in [0.1, 0.15) is 41.4 Å². The molecule has 178 valence electrons. The van der Waals surface area contributed by atoms with Crippen molar-refractivity contribution in [1.82, 2.24) is 10.3 Å². The van der Waals surface area contributed by atoms with Crippen LogP contribution in [0.25, 0.3) is 11.1 Å². The normalized spacial score (nSPS) is 11.9. The number of pyridine rings is 1. The number of hydrogen-bond donors (Lipinski definition) is 4. The van der Waals surface area contributed by atoms with Gasteiger partial charge in [-0.25, -0.2) is 18.2 Å². The van der Waals surface area contributed by atoms with Gasteiger partial charge < -0.3 is 21.5 Å². The van der Waals surface area contributed by atoms with Crippen LogP contribution in [-0.4, -0.2) is 27.9 Å². The van der Waals surface area contributed by atoms with E-state index < -0.39 is 35.4 Å². The van der Waals surface area contributed by atoms with Gasteiger partial charge in [-0.05, 0) is 61.7 Å². The molecular formula is C24H23F3N4O3. The highest BCUT2D eigenvalue weighted by molar-refractivity contribution is 6.00. The van der Waals surface area contributed by atoms with Crippen molar-refractivity contribution in [1.29, 1.82) is 0 Å². The first kappa shape index (κ1) is 24.7. The molecular weight excluding hydrogens is 449 g/mol. The number of carbonyl (C=O) groups excluding carboxylic acids is 2. The Morgan fingerprint density at radius 2 is 1.71 bits per heavy atom. The second-order valence-electron chi connectivity index (χ2n) is 7.98. The van der Waals surface area contributed by atoms with Gasteiger partial charge in [0.05, 0.1) is 11.3 Å². The Labute approximate surface area is 193 Å². The predicted octanol–water partition coefficient (Wildman–Crippen LogP) is 3.87. The van der Waals surface area contributed by atoms with Crippen molar-refractivity contribution >= 4 is 23.3 Å². The number of anilines is 2. The van der Waals surface area contributed by atoms with Gasteiger partial charge in [-0.2, -0.15) is 0 Å². The first-order valence-corrected chi connectivity index (χ1v) is 10.3. The lowest BCUT2D eigenvalue weighted by molar-refractivity contribution is -0.124. The molecule has 0 radical (unpaired) electrons. The van der Waals surface area contributed by atoms with Gasteiger partial charge in [-0.15, -0.1) is 0 Å². The van der Waals surface area contributed by atoms with Crippen molar-refractivity contribution in [2.24, 2.45) is 0 Å². The molecule has 0 saturated carbocycles. The Bertz CT molecular complexity index is 1240. The van der Waals surface area contributed by atoms with Crippen molar-refractivity contribution in [2.45, 2.75) is 32.9 Å². The highest BCUT2D eigenvalue weighted by Crippen LogP contribution is 2.31. The topological polar surface area (TPSA) is 117 Å². The van der Waals surface area contributed by atoms with Crippen molar-refractivity contribution in [3.63, 3.8) is 0 Å². The van der Waals surface area contributed by atoms with E-state index in [1.165, 1.54) is 31.3 Å². The number of aromatic nitrogens is 1. The van der Waals surface area contributed by atoms with Crippen LogP contribution in [0.2, 0.25) is 0 Å². The predicted molar refractivity (Wildman–Crippen MR) is 121 cm³/mol. The SMILES string of the molecule is Cc1c(-c2cnc(N)c(C(=O)NC(C)C)c2)ccc(NC(=O)[C@@H](O)c2cc(F)cc(F)c2)c1F. The van der Waals surface area contributed by atoms with E-state index in [0.717, 1.165) is 12.1 Å². The van der Waals surface area contributed by atoms with E-state index in [9.17, 15) is 23.5 Å². The molecule has 0 saturated heterocycles. The highest BCUT2D eigenvalue weighted by Gasteiger charge is 2.22. The summed E-state index contributed by atoms with van der Waals surface area (Å²) >= 11 is 0. The minimum absolute atomic E-state index is 0.0201. The van der Waals surface area contributed by atoms with Gasteiger partial charge in [-0.3, -0.25) is 9.59 Å². The fraction of sp³-hybridized carbons (Fsp3) is 0.208. The number of rotatable bonds is 6. The minimum Gasteiger partial charge on any atom is -0.383 e. The average Bonchev–Trinajstić information content (AvgIpc) is 2.76. The number of amides is 2. The molecule has 34 heavy (non-hydrogen) atoms. The molecule has 1 atom stereocenters. The summed E-state index contributed by atoms with van der Waals surface area (Å²) < 4.78 is 41.8. The zero-order chi connectivity index (χ0) is 25.2. The Morgan fingerprint density at radius 3 is 2.32 bits per heavy atom. The minimum atomic E-state index is -1.92. The third kappa shape index (κ3) is 5.34. The largest absolute Gasteiger partial charge is 0.383 e. The van der Waals surface area contributed by atoms with Crippen LogP contribution in [0.15, 0.2) is 42.6 Å². The lowest BCUT2D eigenvalue weighted by Gasteiger charge is -2.16. The Kier molecular flexibility index (Phi) is 7.21. The molecule has 5 N–H and O–H groups in total. The van der Waals surface area contributed by atoms with Gasteiger partial charge in [0.15, 0.2) is 6.10 Å². The molecule has 2 aromatic carbocycles. The number of aliphatic hydroxyl groups is 1. The monoisotopic (exact) mass is 472 g/mol. The van der Waals surface area contributed by atoms with Gasteiger partial charge >= 0.3 is 0 Å². The van der Waals surface area contributed by atoms with Gasteiger partial charge in [0, 0.05) is 23.9 Å². The van der Waals surface area contributed by atoms with Gasteiger partial charge in [0.25, 0.3) is 11.8 Å². The summed E-state index contributed by atoms with van der Waals surface area (Å²) in [6.07, 6.45) is -0.531. The zero-order valence-electron chi connectivity index (χ0n) is 18.6. The molecule has 1 heterocycles. The van der Waals surface area contributed by atoms with Crippen molar-refractivity contribution in [2.75, 3.05) is 11.1 Å². The molecule has 3 rings (SSSR count). The summed E-state index contributed by atoms with van der Waals surface area (Å²) in [4.78, 5) is 28.8. The molecule has 0 aliphatic carbocycles. The summed E-state index contributed by atoms with van der Waals surface area (Å²) in [7, 11) is 0. The number of aliphatic hydroxyl groups excluding tert-OH is 1. The van der Waals surface area contributed by atoms with E-state index in [0.29, 0.717) is 17.2 Å². The van der Waals surface area contributed by atoms with Crippen molar-refractivity contribution in [3.8, 4) is 11.1 Å². The maximum Gasteiger partial charge on any atom is 0.257 e. The van der Waals surface area contributed by atoms with Crippen LogP contribution in [0.5, 0.6) is 0 Å². The Morgan fingerprint density at radius 1 is 1.06 bits per heavy atom. The quantitative estimate of drug-likeness (QED) is 0.435. The standard InChI is InChI=1S/C24H23F3N4O3/c1-11(2)30-23(33)18-8-14(10-29-22(18)28)17-4-5-19(20(27)12(17)3)31-24(34)21(32)13-6-15(25)9-16(26)7-13/h4-11,21,32H,1-3H3,(H2,28,29)(H,30,33)(H,31,34)/t21-/m0/s1. The molecule has 0 aliphatic rings. The number of nitrogens with two attached hydrogens (primary N) is 1. The third-order valence-electron chi connectivity index (χ3n) is 4.99. The molecule has 1 aromatic heterocycles. The lowest BCUT2D eigenvalue weighted by Crippen LogP contribution is -2.30. The number of nitrogen functional groups attached to an aromatic ring is 1. The van der Waals surface area contributed by atoms with E-state index in [1.54, 1.807) is 13.8 Å². The summed E-state index contributed by atoms with van der Waals surface area (Å²) in [5.74, 6) is -4.21.